The molecular formula is C12H10N4O. The number of methoxy groups -OCH3 is 1. The van der Waals surface area contributed by atoms with E-state index in [0.717, 1.165) is 5.56 Å². The van der Waals surface area contributed by atoms with E-state index in [1.807, 2.05) is 36.4 Å². The average molecular weight is 226 g/mol. The van der Waals surface area contributed by atoms with E-state index < -0.39 is 0 Å². The number of ether oxygens (including phenoxy) is 1. The number of rotatable bonds is 2. The minimum absolute atomic E-state index is 0.315. The Kier molecular flexibility index (Phi) is 3.17. The fourth-order valence-electron chi connectivity index (χ4n) is 1.36. The molecule has 2 rings (SSSR count). The standard InChI is InChI=1S/C12H10N4O/c1-17-12(9-5-3-2-4-6-9)16-11-10(7-13)14-8-15-11/h2-6,8H,1H3,(H,14,15)/b16-12-. The molecule has 1 aromatic heterocycles. The smallest absolute Gasteiger partial charge is 0.222 e. The second-order valence-corrected chi connectivity index (χ2v) is 3.20. The molecule has 2 aromatic rings. The Bertz CT molecular complexity index is 566. The van der Waals surface area contributed by atoms with Gasteiger partial charge in [0.15, 0.2) is 11.5 Å². The molecule has 1 N–H and O–H groups in total. The number of nitrogens with zero attached hydrogens (tertiary/aromatic N) is 3. The SMILES string of the molecule is CO/C(=N\c1nc[nH]c1C#N)c1ccccc1. The third kappa shape index (κ3) is 2.32. The van der Waals surface area contributed by atoms with Crippen molar-refractivity contribution in [3.8, 4) is 6.07 Å². The Balaban J connectivity index is 2.41. The van der Waals surface area contributed by atoms with Crippen LogP contribution in [0.4, 0.5) is 5.82 Å². The summed E-state index contributed by atoms with van der Waals surface area (Å²) < 4.78 is 5.20. The van der Waals surface area contributed by atoms with Gasteiger partial charge in [-0.1, -0.05) is 18.2 Å². The van der Waals surface area contributed by atoms with Crippen LogP contribution in [-0.2, 0) is 4.74 Å². The highest BCUT2D eigenvalue weighted by molar-refractivity contribution is 5.95. The number of aromatic nitrogens is 2. The highest BCUT2D eigenvalue weighted by Crippen LogP contribution is 2.14. The van der Waals surface area contributed by atoms with E-state index >= 15 is 0 Å². The molecule has 0 atom stereocenters. The summed E-state index contributed by atoms with van der Waals surface area (Å²) in [5.74, 6) is 0.752. The van der Waals surface area contributed by atoms with E-state index in [4.69, 9.17) is 10.00 Å². The molecular weight excluding hydrogens is 216 g/mol. The van der Waals surface area contributed by atoms with Gasteiger partial charge in [0.25, 0.3) is 0 Å². The van der Waals surface area contributed by atoms with Crippen molar-refractivity contribution in [3.05, 3.63) is 47.9 Å². The lowest BCUT2D eigenvalue weighted by molar-refractivity contribution is 0.405. The minimum Gasteiger partial charge on any atom is -0.481 e. The zero-order valence-corrected chi connectivity index (χ0v) is 9.21. The van der Waals surface area contributed by atoms with Crippen LogP contribution in [0.15, 0.2) is 41.7 Å². The summed E-state index contributed by atoms with van der Waals surface area (Å²) in [6.07, 6.45) is 1.43. The van der Waals surface area contributed by atoms with Crippen LogP contribution < -0.4 is 0 Å². The van der Waals surface area contributed by atoms with Crippen LogP contribution in [0.5, 0.6) is 0 Å². The van der Waals surface area contributed by atoms with Gasteiger partial charge in [-0.05, 0) is 12.1 Å². The van der Waals surface area contributed by atoms with Gasteiger partial charge in [0.1, 0.15) is 6.07 Å². The van der Waals surface area contributed by atoms with Crippen LogP contribution in [0.2, 0.25) is 0 Å². The summed E-state index contributed by atoms with van der Waals surface area (Å²) in [7, 11) is 1.53. The van der Waals surface area contributed by atoms with Gasteiger partial charge in [0.2, 0.25) is 5.90 Å². The van der Waals surface area contributed by atoms with Crippen molar-refractivity contribution in [1.29, 1.82) is 5.26 Å². The molecule has 0 amide bonds. The van der Waals surface area contributed by atoms with Gasteiger partial charge in [-0.3, -0.25) is 0 Å². The summed E-state index contributed by atoms with van der Waals surface area (Å²) in [6, 6.07) is 11.4. The van der Waals surface area contributed by atoms with E-state index in [-0.39, 0.29) is 0 Å². The average Bonchev–Trinajstić information content (AvgIpc) is 2.84. The number of imidazole rings is 1. The fourth-order valence-corrected chi connectivity index (χ4v) is 1.36. The summed E-state index contributed by atoms with van der Waals surface area (Å²) in [5.41, 5.74) is 1.15. The zero-order valence-electron chi connectivity index (χ0n) is 9.21. The van der Waals surface area contributed by atoms with Crippen molar-refractivity contribution >= 4 is 11.7 Å². The summed E-state index contributed by atoms with van der Waals surface area (Å²) in [5, 5.41) is 8.83. The first kappa shape index (κ1) is 10.9. The van der Waals surface area contributed by atoms with E-state index in [1.54, 1.807) is 0 Å². The predicted octanol–water partition coefficient (Wildman–Crippen LogP) is 2.01. The van der Waals surface area contributed by atoms with Crippen LogP contribution >= 0.6 is 0 Å². The van der Waals surface area contributed by atoms with Gasteiger partial charge in [0.05, 0.1) is 13.4 Å². The van der Waals surface area contributed by atoms with Gasteiger partial charge in [-0.25, -0.2) is 4.98 Å². The fraction of sp³-hybridized carbons (Fsp3) is 0.0833. The number of nitrogens with one attached hydrogen (secondary N) is 1. The molecule has 84 valence electrons. The maximum absolute atomic E-state index is 8.83. The van der Waals surface area contributed by atoms with Crippen LogP contribution in [0.3, 0.4) is 0 Å². The lowest BCUT2D eigenvalue weighted by atomic mass is 10.2. The Labute approximate surface area is 98.4 Å². The van der Waals surface area contributed by atoms with Crippen LogP contribution in [-0.4, -0.2) is 23.0 Å². The van der Waals surface area contributed by atoms with Gasteiger partial charge < -0.3 is 9.72 Å². The van der Waals surface area contributed by atoms with E-state index in [0.29, 0.717) is 17.4 Å². The van der Waals surface area contributed by atoms with E-state index in [9.17, 15) is 0 Å². The number of H-pyrrole nitrogens is 1. The highest BCUT2D eigenvalue weighted by Gasteiger charge is 2.07. The molecule has 0 aliphatic carbocycles. The maximum atomic E-state index is 8.83. The predicted molar refractivity (Wildman–Crippen MR) is 63.0 cm³/mol. The molecule has 0 saturated carbocycles. The maximum Gasteiger partial charge on any atom is 0.222 e. The van der Waals surface area contributed by atoms with Crippen molar-refractivity contribution in [2.45, 2.75) is 0 Å². The third-order valence-electron chi connectivity index (χ3n) is 2.15. The lowest BCUT2D eigenvalue weighted by Crippen LogP contribution is -2.02. The van der Waals surface area contributed by atoms with Gasteiger partial charge in [0, 0.05) is 5.56 Å². The molecule has 5 heteroatoms. The first-order valence-corrected chi connectivity index (χ1v) is 4.96. The Morgan fingerprint density at radius 3 is 2.82 bits per heavy atom. The van der Waals surface area contributed by atoms with Gasteiger partial charge in [-0.15, -0.1) is 0 Å². The highest BCUT2D eigenvalue weighted by atomic mass is 16.5. The molecule has 1 heterocycles. The number of nitriles is 1. The molecule has 1 aromatic carbocycles. The molecule has 0 unspecified atom stereocenters. The molecule has 0 radical (unpaired) electrons. The largest absolute Gasteiger partial charge is 0.481 e. The van der Waals surface area contributed by atoms with E-state index in [1.165, 1.54) is 13.4 Å². The topological polar surface area (TPSA) is 74.1 Å². The summed E-state index contributed by atoms with van der Waals surface area (Å²) >= 11 is 0. The second kappa shape index (κ2) is 4.94. The van der Waals surface area contributed by atoms with Crippen molar-refractivity contribution in [2.75, 3.05) is 7.11 Å². The third-order valence-corrected chi connectivity index (χ3v) is 2.15. The van der Waals surface area contributed by atoms with Crippen LogP contribution in [0, 0.1) is 11.3 Å². The Morgan fingerprint density at radius 1 is 1.41 bits per heavy atom. The molecule has 0 spiro atoms. The van der Waals surface area contributed by atoms with Crippen LogP contribution in [0.1, 0.15) is 11.3 Å². The molecule has 0 saturated heterocycles. The summed E-state index contributed by atoms with van der Waals surface area (Å²) in [6.45, 7) is 0. The normalized spacial score (nSPS) is 10.9. The molecule has 17 heavy (non-hydrogen) atoms. The Hall–Kier alpha value is -2.61. The van der Waals surface area contributed by atoms with Gasteiger partial charge in [-0.2, -0.15) is 10.3 Å². The van der Waals surface area contributed by atoms with Crippen molar-refractivity contribution in [2.24, 2.45) is 4.99 Å². The Morgan fingerprint density at radius 2 is 2.18 bits per heavy atom. The lowest BCUT2D eigenvalue weighted by Gasteiger charge is -2.03. The minimum atomic E-state index is 0.315. The summed E-state index contributed by atoms with van der Waals surface area (Å²) in [4.78, 5) is 10.9. The molecule has 0 aliphatic heterocycles. The molecule has 0 fully saturated rings. The quantitative estimate of drug-likeness (QED) is 0.628. The van der Waals surface area contributed by atoms with Crippen LogP contribution in [0.25, 0.3) is 0 Å². The van der Waals surface area contributed by atoms with Crippen molar-refractivity contribution in [3.63, 3.8) is 0 Å². The van der Waals surface area contributed by atoms with Crippen molar-refractivity contribution < 1.29 is 4.74 Å². The van der Waals surface area contributed by atoms with Gasteiger partial charge >= 0.3 is 0 Å². The monoisotopic (exact) mass is 226 g/mol. The number of benzene rings is 1. The molecule has 0 aliphatic rings. The second-order valence-electron chi connectivity index (χ2n) is 3.20. The van der Waals surface area contributed by atoms with Crippen molar-refractivity contribution in [1.82, 2.24) is 9.97 Å². The molecule has 5 nitrogen and oxygen atoms in total. The first-order valence-electron chi connectivity index (χ1n) is 4.96. The van der Waals surface area contributed by atoms with E-state index in [2.05, 4.69) is 15.0 Å². The number of hydrogen-bond acceptors (Lipinski definition) is 4. The molecule has 0 bridgehead atoms. The first-order chi connectivity index (χ1) is 8.35. The number of aliphatic imine (C=N–C) groups is 1. The zero-order chi connectivity index (χ0) is 12.1. The number of hydrogen-bond donors (Lipinski definition) is 1. The number of aromatic amines is 1.